The number of nitrogens with one attached hydrogen (secondary N) is 1. The number of aliphatic hydroxyl groups is 1. The normalized spacial score (nSPS) is 14.2. The molecule has 2 N–H and O–H groups in total. The molecule has 0 heterocycles. The van der Waals surface area contributed by atoms with Gasteiger partial charge in [-0.2, -0.15) is 0 Å². The lowest BCUT2D eigenvalue weighted by molar-refractivity contribution is -0.870. The van der Waals surface area contributed by atoms with E-state index in [2.05, 4.69) is 19.2 Å². The molecule has 0 radical (unpaired) electrons. The zero-order valence-corrected chi connectivity index (χ0v) is 40.9. The number of hydrogen-bond acceptors (Lipinski definition) is 6. The smallest absolute Gasteiger partial charge is 0.268 e. The van der Waals surface area contributed by atoms with E-state index in [4.69, 9.17) is 9.05 Å². The van der Waals surface area contributed by atoms with Crippen LogP contribution in [0.1, 0.15) is 251 Å². The predicted octanol–water partition coefficient (Wildman–Crippen LogP) is 14.1. The number of rotatable bonds is 47. The van der Waals surface area contributed by atoms with E-state index in [1.807, 2.05) is 27.2 Å². The first-order valence-electron chi connectivity index (χ1n) is 25.6. The molecule has 0 aliphatic rings. The van der Waals surface area contributed by atoms with E-state index in [0.29, 0.717) is 17.4 Å². The minimum Gasteiger partial charge on any atom is -0.756 e. The number of aliphatic hydroxyl groups excluding tert-OH is 1. The summed E-state index contributed by atoms with van der Waals surface area (Å²) in [5.74, 6) is -0.202. The van der Waals surface area contributed by atoms with Crippen molar-refractivity contribution in [3.63, 3.8) is 0 Å². The number of carbonyl (C=O) groups excluding carboxylic acids is 1. The Labute approximate surface area is 367 Å². The lowest BCUT2D eigenvalue weighted by Crippen LogP contribution is -2.45. The largest absolute Gasteiger partial charge is 0.756 e. The molecule has 0 aromatic rings. The van der Waals surface area contributed by atoms with Crippen molar-refractivity contribution in [2.24, 2.45) is 0 Å². The third kappa shape index (κ3) is 45.1. The fourth-order valence-electron chi connectivity index (χ4n) is 7.67. The fraction of sp³-hybridized carbons (Fsp3) is 0.940. The molecule has 0 saturated carbocycles. The molecule has 0 saturated heterocycles. The molecule has 0 rings (SSSR count). The zero-order valence-electron chi connectivity index (χ0n) is 40.0. The predicted molar refractivity (Wildman–Crippen MR) is 252 cm³/mol. The highest BCUT2D eigenvalue weighted by Crippen LogP contribution is 2.38. The third-order valence-electron chi connectivity index (χ3n) is 11.7. The molecule has 0 aromatic heterocycles. The Balaban J connectivity index is 3.69. The Bertz CT molecular complexity index is 974. The fourth-order valence-corrected chi connectivity index (χ4v) is 8.39. The minimum absolute atomic E-state index is 0.000501. The highest BCUT2D eigenvalue weighted by molar-refractivity contribution is 7.45. The van der Waals surface area contributed by atoms with Gasteiger partial charge < -0.3 is 28.8 Å². The Kier molecular flexibility index (Phi) is 42.0. The van der Waals surface area contributed by atoms with Gasteiger partial charge in [-0.1, -0.05) is 244 Å². The van der Waals surface area contributed by atoms with Crippen LogP contribution in [0.2, 0.25) is 0 Å². The number of amides is 1. The summed E-state index contributed by atoms with van der Waals surface area (Å²) >= 11 is 0. The van der Waals surface area contributed by atoms with Gasteiger partial charge in [0.2, 0.25) is 5.91 Å². The average Bonchev–Trinajstić information content (AvgIpc) is 3.19. The van der Waals surface area contributed by atoms with Gasteiger partial charge in [-0.3, -0.25) is 9.36 Å². The lowest BCUT2D eigenvalue weighted by atomic mass is 10.0. The standard InChI is InChI=1S/C50H101N2O6P/c1-6-8-10-12-13-14-15-16-17-18-19-20-21-22-23-24-25-26-27-28-29-30-31-32-33-34-35-36-37-38-39-40-42-44-50(54)51-48(49(53)43-41-11-9-7-2)47-58-59(55,56)57-46-45-52(3,4)5/h41,43,48-49,53H,6-40,42,44-47H2,1-5H3,(H-,51,54,55,56)/b43-41+. The summed E-state index contributed by atoms with van der Waals surface area (Å²) in [6.07, 6.45) is 50.9. The van der Waals surface area contributed by atoms with Gasteiger partial charge in [-0.25, -0.2) is 0 Å². The Hall–Kier alpha value is -0.760. The van der Waals surface area contributed by atoms with Crippen LogP contribution in [0, 0.1) is 0 Å². The summed E-state index contributed by atoms with van der Waals surface area (Å²) in [5.41, 5.74) is 0. The summed E-state index contributed by atoms with van der Waals surface area (Å²) in [6, 6.07) is -0.877. The van der Waals surface area contributed by atoms with E-state index in [0.717, 1.165) is 38.5 Å². The Morgan fingerprint density at radius 1 is 0.576 bits per heavy atom. The van der Waals surface area contributed by atoms with E-state index in [9.17, 15) is 19.4 Å². The van der Waals surface area contributed by atoms with Gasteiger partial charge in [0.1, 0.15) is 13.2 Å². The first kappa shape index (κ1) is 58.2. The molecule has 0 aliphatic carbocycles. The minimum atomic E-state index is -4.56. The van der Waals surface area contributed by atoms with E-state index in [1.54, 1.807) is 6.08 Å². The summed E-state index contributed by atoms with van der Waals surface area (Å²) in [4.78, 5) is 25.0. The van der Waals surface area contributed by atoms with Crippen molar-refractivity contribution in [3.05, 3.63) is 12.2 Å². The van der Waals surface area contributed by atoms with Crippen molar-refractivity contribution in [1.82, 2.24) is 5.32 Å². The van der Waals surface area contributed by atoms with Crippen LogP contribution >= 0.6 is 7.82 Å². The highest BCUT2D eigenvalue weighted by atomic mass is 31.2. The zero-order chi connectivity index (χ0) is 43.6. The topological polar surface area (TPSA) is 108 Å². The van der Waals surface area contributed by atoms with Crippen molar-refractivity contribution >= 4 is 13.7 Å². The third-order valence-corrected chi connectivity index (χ3v) is 12.7. The highest BCUT2D eigenvalue weighted by Gasteiger charge is 2.23. The molecular formula is C50H101N2O6P. The maximum atomic E-state index is 12.7. The quantitative estimate of drug-likeness (QED) is 0.0273. The molecule has 0 aliphatic heterocycles. The SMILES string of the molecule is CCCC/C=C/C(O)C(COP(=O)([O-])OCC[N+](C)(C)C)NC(=O)CCCCCCCCCCCCCCCCCCCCCCCCCCCCCCCCCCC. The van der Waals surface area contributed by atoms with Crippen LogP contribution in [-0.4, -0.2) is 68.5 Å². The number of likely N-dealkylation sites (N-methyl/N-ethyl adjacent to an activating group) is 1. The first-order valence-corrected chi connectivity index (χ1v) is 27.0. The number of phosphoric acid groups is 1. The number of allylic oxidation sites excluding steroid dienone is 1. The van der Waals surface area contributed by atoms with Crippen LogP contribution in [0.4, 0.5) is 0 Å². The molecule has 1 amide bonds. The van der Waals surface area contributed by atoms with Gasteiger partial charge in [-0.05, 0) is 12.8 Å². The van der Waals surface area contributed by atoms with E-state index in [1.165, 1.54) is 193 Å². The van der Waals surface area contributed by atoms with Gasteiger partial charge in [0.15, 0.2) is 0 Å². The summed E-state index contributed by atoms with van der Waals surface area (Å²) in [5, 5.41) is 13.5. The monoisotopic (exact) mass is 857 g/mol. The second-order valence-electron chi connectivity index (χ2n) is 18.9. The number of hydrogen-bond donors (Lipinski definition) is 2. The summed E-state index contributed by atoms with van der Waals surface area (Å²) in [6.45, 7) is 4.51. The number of quaternary nitrogens is 1. The van der Waals surface area contributed by atoms with Crippen molar-refractivity contribution in [1.29, 1.82) is 0 Å². The average molecular weight is 857 g/mol. The van der Waals surface area contributed by atoms with Crippen molar-refractivity contribution < 1.29 is 32.9 Å². The second-order valence-corrected chi connectivity index (χ2v) is 20.3. The molecule has 9 heteroatoms. The molecule has 3 atom stereocenters. The van der Waals surface area contributed by atoms with E-state index in [-0.39, 0.29) is 19.1 Å². The number of phosphoric ester groups is 1. The lowest BCUT2D eigenvalue weighted by Gasteiger charge is -2.29. The molecule has 8 nitrogen and oxygen atoms in total. The van der Waals surface area contributed by atoms with Gasteiger partial charge in [0, 0.05) is 6.42 Å². The molecule has 0 fully saturated rings. The first-order chi connectivity index (χ1) is 28.5. The van der Waals surface area contributed by atoms with Crippen LogP contribution in [0.3, 0.4) is 0 Å². The molecule has 352 valence electrons. The van der Waals surface area contributed by atoms with Crippen molar-refractivity contribution in [3.8, 4) is 0 Å². The number of nitrogens with zero attached hydrogens (tertiary/aromatic N) is 1. The van der Waals surface area contributed by atoms with E-state index >= 15 is 0 Å². The molecule has 59 heavy (non-hydrogen) atoms. The molecule has 0 bridgehead atoms. The van der Waals surface area contributed by atoms with Crippen molar-refractivity contribution in [2.45, 2.75) is 264 Å². The summed E-state index contributed by atoms with van der Waals surface area (Å²) in [7, 11) is 1.27. The van der Waals surface area contributed by atoms with Crippen LogP contribution in [-0.2, 0) is 18.4 Å². The van der Waals surface area contributed by atoms with Crippen LogP contribution in [0.15, 0.2) is 12.2 Å². The molecule has 0 spiro atoms. The van der Waals surface area contributed by atoms with Crippen LogP contribution in [0.5, 0.6) is 0 Å². The van der Waals surface area contributed by atoms with E-state index < -0.39 is 20.0 Å². The van der Waals surface area contributed by atoms with Gasteiger partial charge in [-0.15, -0.1) is 0 Å². The van der Waals surface area contributed by atoms with Gasteiger partial charge >= 0.3 is 0 Å². The Morgan fingerprint density at radius 3 is 1.25 bits per heavy atom. The number of unbranched alkanes of at least 4 members (excludes halogenated alkanes) is 34. The molecular weight excluding hydrogens is 756 g/mol. The van der Waals surface area contributed by atoms with Crippen LogP contribution < -0.4 is 10.2 Å². The molecule has 3 unspecified atom stereocenters. The Morgan fingerprint density at radius 2 is 0.915 bits per heavy atom. The van der Waals surface area contributed by atoms with Gasteiger partial charge in [0.25, 0.3) is 7.82 Å². The maximum absolute atomic E-state index is 12.7. The maximum Gasteiger partial charge on any atom is 0.268 e. The van der Waals surface area contributed by atoms with Gasteiger partial charge in [0.05, 0.1) is 39.9 Å². The van der Waals surface area contributed by atoms with Crippen molar-refractivity contribution in [2.75, 3.05) is 40.9 Å². The second kappa shape index (κ2) is 42.5. The molecule has 0 aromatic carbocycles. The number of carbonyl (C=O) groups is 1. The van der Waals surface area contributed by atoms with Crippen LogP contribution in [0.25, 0.3) is 0 Å². The summed E-state index contributed by atoms with van der Waals surface area (Å²) < 4.78 is 23.0.